The van der Waals surface area contributed by atoms with Crippen molar-refractivity contribution in [3.63, 3.8) is 0 Å². The van der Waals surface area contributed by atoms with Crippen LogP contribution in [0.3, 0.4) is 0 Å². The van der Waals surface area contributed by atoms with Crippen molar-refractivity contribution in [3.8, 4) is 0 Å². The summed E-state index contributed by atoms with van der Waals surface area (Å²) in [5.41, 5.74) is 6.42. The normalized spacial score (nSPS) is 14.7. The lowest BCUT2D eigenvalue weighted by Crippen LogP contribution is -2.49. The van der Waals surface area contributed by atoms with Gasteiger partial charge in [0, 0.05) is 38.1 Å². The number of hydrogen-bond donors (Lipinski definition) is 0. The van der Waals surface area contributed by atoms with Crippen LogP contribution in [0.15, 0.2) is 42.6 Å². The Morgan fingerprint density at radius 3 is 2.57 bits per heavy atom. The average Bonchev–Trinajstić information content (AvgIpc) is 3.08. The summed E-state index contributed by atoms with van der Waals surface area (Å²) in [6.45, 7) is 9.64. The van der Waals surface area contributed by atoms with E-state index in [9.17, 15) is 4.79 Å². The van der Waals surface area contributed by atoms with Gasteiger partial charge in [-0.1, -0.05) is 31.5 Å². The highest BCUT2D eigenvalue weighted by Gasteiger charge is 2.27. The number of carbonyl (C=O) groups excluding carboxylic acids is 1. The predicted octanol–water partition coefficient (Wildman–Crippen LogP) is 3.87. The van der Waals surface area contributed by atoms with Crippen molar-refractivity contribution in [3.05, 3.63) is 65.1 Å². The number of rotatable bonds is 4. The van der Waals surface area contributed by atoms with Crippen molar-refractivity contribution in [2.24, 2.45) is 0 Å². The molecule has 2 aromatic heterocycles. The van der Waals surface area contributed by atoms with Crippen LogP contribution >= 0.6 is 0 Å². The zero-order valence-corrected chi connectivity index (χ0v) is 17.0. The Balaban J connectivity index is 1.55. The van der Waals surface area contributed by atoms with Gasteiger partial charge in [-0.3, -0.25) is 9.20 Å². The monoisotopic (exact) mass is 376 g/mol. The van der Waals surface area contributed by atoms with Crippen LogP contribution in [0, 0.1) is 13.8 Å². The van der Waals surface area contributed by atoms with Gasteiger partial charge in [0.2, 0.25) is 0 Å². The number of hydrogen-bond acceptors (Lipinski definition) is 3. The fourth-order valence-corrected chi connectivity index (χ4v) is 4.06. The molecule has 1 fully saturated rings. The number of fused-ring (bicyclic) bond motifs is 1. The Kier molecular flexibility index (Phi) is 5.07. The van der Waals surface area contributed by atoms with Crippen LogP contribution in [0.5, 0.6) is 0 Å². The molecule has 0 bridgehead atoms. The third-order valence-corrected chi connectivity index (χ3v) is 5.78. The van der Waals surface area contributed by atoms with E-state index in [4.69, 9.17) is 4.98 Å². The van der Waals surface area contributed by atoms with Crippen LogP contribution < -0.4 is 4.90 Å². The van der Waals surface area contributed by atoms with Crippen LogP contribution in [0.2, 0.25) is 0 Å². The fraction of sp³-hybridized carbons (Fsp3) is 0.391. The minimum Gasteiger partial charge on any atom is -0.368 e. The van der Waals surface area contributed by atoms with Crippen molar-refractivity contribution in [1.29, 1.82) is 0 Å². The van der Waals surface area contributed by atoms with Crippen molar-refractivity contribution in [2.75, 3.05) is 31.1 Å². The van der Waals surface area contributed by atoms with E-state index in [0.717, 1.165) is 56.1 Å². The van der Waals surface area contributed by atoms with Crippen molar-refractivity contribution >= 4 is 17.2 Å². The van der Waals surface area contributed by atoms with Crippen LogP contribution in [0.1, 0.15) is 40.7 Å². The van der Waals surface area contributed by atoms with Crippen LogP contribution in [-0.2, 0) is 6.42 Å². The maximum atomic E-state index is 13.4. The third kappa shape index (κ3) is 3.26. The molecule has 0 radical (unpaired) electrons. The second kappa shape index (κ2) is 7.66. The number of nitrogens with zero attached hydrogens (tertiary/aromatic N) is 4. The molecule has 0 spiro atoms. The summed E-state index contributed by atoms with van der Waals surface area (Å²) in [6.07, 6.45) is 3.75. The van der Waals surface area contributed by atoms with E-state index in [1.54, 1.807) is 0 Å². The number of piperazine rings is 1. The number of pyridine rings is 1. The van der Waals surface area contributed by atoms with E-state index in [-0.39, 0.29) is 5.91 Å². The first-order chi connectivity index (χ1) is 13.6. The van der Waals surface area contributed by atoms with E-state index in [1.165, 1.54) is 16.8 Å². The van der Waals surface area contributed by atoms with Crippen molar-refractivity contribution in [1.82, 2.24) is 14.3 Å². The molecule has 1 saturated heterocycles. The first-order valence-electron chi connectivity index (χ1n) is 10.2. The third-order valence-electron chi connectivity index (χ3n) is 5.78. The first-order valence-corrected chi connectivity index (χ1v) is 10.2. The highest BCUT2D eigenvalue weighted by molar-refractivity contribution is 5.95. The van der Waals surface area contributed by atoms with Gasteiger partial charge >= 0.3 is 0 Å². The van der Waals surface area contributed by atoms with E-state index in [0.29, 0.717) is 0 Å². The second-order valence-corrected chi connectivity index (χ2v) is 7.58. The molecule has 0 atom stereocenters. The summed E-state index contributed by atoms with van der Waals surface area (Å²) in [6, 6.07) is 12.3. The van der Waals surface area contributed by atoms with E-state index < -0.39 is 0 Å². The Bertz CT molecular complexity index is 999. The van der Waals surface area contributed by atoms with E-state index >= 15 is 0 Å². The van der Waals surface area contributed by atoms with Crippen LogP contribution in [0.25, 0.3) is 5.65 Å². The van der Waals surface area contributed by atoms with Gasteiger partial charge in [0.05, 0.1) is 5.69 Å². The summed E-state index contributed by atoms with van der Waals surface area (Å²) in [5, 5.41) is 0. The summed E-state index contributed by atoms with van der Waals surface area (Å²) in [5.74, 6) is 0.0998. The number of aromatic nitrogens is 2. The maximum Gasteiger partial charge on any atom is 0.272 e. The quantitative estimate of drug-likeness (QED) is 0.694. The molecule has 1 aliphatic heterocycles. The standard InChI is InChI=1S/C23H28N4O/c1-4-8-19-22(27-12-6-5-11-21(27)24-19)23(28)26-15-13-25(14-16-26)20-10-7-9-17(2)18(20)3/h5-7,9-12H,4,8,13-16H2,1-3H3. The number of amides is 1. The minimum atomic E-state index is 0.0998. The lowest BCUT2D eigenvalue weighted by atomic mass is 10.1. The molecule has 3 aromatic rings. The van der Waals surface area contributed by atoms with Gasteiger partial charge in [-0.15, -0.1) is 0 Å². The highest BCUT2D eigenvalue weighted by Crippen LogP contribution is 2.25. The molecule has 0 N–H and O–H groups in total. The smallest absolute Gasteiger partial charge is 0.272 e. The Hall–Kier alpha value is -2.82. The fourth-order valence-electron chi connectivity index (χ4n) is 4.06. The van der Waals surface area contributed by atoms with Crippen LogP contribution in [0.4, 0.5) is 5.69 Å². The molecule has 3 heterocycles. The summed E-state index contributed by atoms with van der Waals surface area (Å²) in [4.78, 5) is 22.5. The van der Waals surface area contributed by atoms with E-state index in [2.05, 4.69) is 43.9 Å². The van der Waals surface area contributed by atoms with Crippen molar-refractivity contribution in [2.45, 2.75) is 33.6 Å². The molecule has 0 aliphatic carbocycles. The summed E-state index contributed by atoms with van der Waals surface area (Å²) < 4.78 is 1.95. The molecular weight excluding hydrogens is 348 g/mol. The topological polar surface area (TPSA) is 40.9 Å². The molecule has 4 rings (SSSR count). The molecule has 5 heteroatoms. The van der Waals surface area contributed by atoms with Gasteiger partial charge in [0.15, 0.2) is 0 Å². The SMILES string of the molecule is CCCc1nc2ccccn2c1C(=O)N1CCN(c2cccc(C)c2C)CC1. The summed E-state index contributed by atoms with van der Waals surface area (Å²) in [7, 11) is 0. The molecule has 0 saturated carbocycles. The molecule has 0 unspecified atom stereocenters. The lowest BCUT2D eigenvalue weighted by molar-refractivity contribution is 0.0738. The maximum absolute atomic E-state index is 13.4. The largest absolute Gasteiger partial charge is 0.368 e. The number of imidazole rings is 1. The zero-order chi connectivity index (χ0) is 19.7. The number of carbonyl (C=O) groups is 1. The molecule has 1 amide bonds. The van der Waals surface area contributed by atoms with Gasteiger partial charge in [-0.05, 0) is 49.6 Å². The Morgan fingerprint density at radius 1 is 1.04 bits per heavy atom. The molecule has 146 valence electrons. The number of aryl methyl sites for hydroxylation is 2. The van der Waals surface area contributed by atoms with Gasteiger partial charge in [-0.2, -0.15) is 0 Å². The first kappa shape index (κ1) is 18.5. The zero-order valence-electron chi connectivity index (χ0n) is 17.0. The molecule has 1 aromatic carbocycles. The van der Waals surface area contributed by atoms with Gasteiger partial charge in [-0.25, -0.2) is 4.98 Å². The molecule has 5 nitrogen and oxygen atoms in total. The van der Waals surface area contributed by atoms with Gasteiger partial charge in [0.1, 0.15) is 11.3 Å². The highest BCUT2D eigenvalue weighted by atomic mass is 16.2. The summed E-state index contributed by atoms with van der Waals surface area (Å²) >= 11 is 0. The van der Waals surface area contributed by atoms with Crippen molar-refractivity contribution < 1.29 is 4.79 Å². The number of benzene rings is 1. The van der Waals surface area contributed by atoms with Gasteiger partial charge in [0.25, 0.3) is 5.91 Å². The number of anilines is 1. The molecule has 1 aliphatic rings. The average molecular weight is 377 g/mol. The predicted molar refractivity (Wildman–Crippen MR) is 113 cm³/mol. The minimum absolute atomic E-state index is 0.0998. The van der Waals surface area contributed by atoms with E-state index in [1.807, 2.05) is 33.7 Å². The second-order valence-electron chi connectivity index (χ2n) is 7.58. The van der Waals surface area contributed by atoms with Gasteiger partial charge < -0.3 is 9.80 Å². The Labute approximate surface area is 166 Å². The molecule has 28 heavy (non-hydrogen) atoms. The Morgan fingerprint density at radius 2 is 1.82 bits per heavy atom. The molecular formula is C23H28N4O. The van der Waals surface area contributed by atoms with Crippen LogP contribution in [-0.4, -0.2) is 46.4 Å². The lowest BCUT2D eigenvalue weighted by Gasteiger charge is -2.37.